The van der Waals surface area contributed by atoms with Crippen LogP contribution in [0.15, 0.2) is 33.3 Å². The van der Waals surface area contributed by atoms with E-state index < -0.39 is 0 Å². The highest BCUT2D eigenvalue weighted by Gasteiger charge is 2.12. The smallest absolute Gasteiger partial charge is 0.211 e. The summed E-state index contributed by atoms with van der Waals surface area (Å²) in [6.45, 7) is 1.83. The van der Waals surface area contributed by atoms with Crippen LogP contribution < -0.4 is 5.73 Å². The second-order valence-corrected chi connectivity index (χ2v) is 4.77. The maximum atomic E-state index is 5.86. The van der Waals surface area contributed by atoms with Crippen molar-refractivity contribution in [2.24, 2.45) is 5.73 Å². The maximum Gasteiger partial charge on any atom is 0.211 e. The first kappa shape index (κ1) is 11.6. The van der Waals surface area contributed by atoms with E-state index in [1.54, 1.807) is 12.3 Å². The molecular formula is C11H10BrClN2O. The van der Waals surface area contributed by atoms with Crippen LogP contribution in [-0.4, -0.2) is 4.98 Å². The SMILES string of the molecule is CC(N)c1ncc(-c2ccc(Cl)cc2Br)o1. The lowest BCUT2D eigenvalue weighted by atomic mass is 10.2. The Hall–Kier alpha value is -0.840. The molecule has 0 bridgehead atoms. The fourth-order valence-corrected chi connectivity index (χ4v) is 2.19. The Morgan fingerprint density at radius 2 is 2.25 bits per heavy atom. The normalized spacial score (nSPS) is 12.8. The standard InChI is InChI=1S/C11H10BrClN2O/c1-6(14)11-15-5-10(16-11)8-3-2-7(13)4-9(8)12/h2-6H,14H2,1H3. The van der Waals surface area contributed by atoms with Crippen molar-refractivity contribution in [3.8, 4) is 11.3 Å². The number of nitrogens with zero attached hydrogens (tertiary/aromatic N) is 1. The molecule has 0 aliphatic heterocycles. The topological polar surface area (TPSA) is 52.0 Å². The second kappa shape index (κ2) is 4.57. The van der Waals surface area contributed by atoms with Gasteiger partial charge in [0.25, 0.3) is 0 Å². The molecule has 0 saturated carbocycles. The van der Waals surface area contributed by atoms with Gasteiger partial charge in [0.05, 0.1) is 12.2 Å². The van der Waals surface area contributed by atoms with E-state index in [2.05, 4.69) is 20.9 Å². The van der Waals surface area contributed by atoms with Crippen LogP contribution in [0.2, 0.25) is 5.02 Å². The summed E-state index contributed by atoms with van der Waals surface area (Å²) in [6, 6.07) is 5.28. The average molecular weight is 302 g/mol. The molecule has 1 unspecified atom stereocenters. The maximum absolute atomic E-state index is 5.86. The minimum atomic E-state index is -0.208. The fourth-order valence-electron chi connectivity index (χ4n) is 1.31. The quantitative estimate of drug-likeness (QED) is 0.918. The van der Waals surface area contributed by atoms with E-state index in [0.717, 1.165) is 10.0 Å². The molecule has 0 fully saturated rings. The Labute approximate surface area is 107 Å². The third kappa shape index (κ3) is 2.29. The molecule has 0 aliphatic carbocycles. The van der Waals surface area contributed by atoms with Gasteiger partial charge in [-0.1, -0.05) is 11.6 Å². The molecule has 0 aliphatic rings. The Morgan fingerprint density at radius 3 is 2.81 bits per heavy atom. The van der Waals surface area contributed by atoms with Crippen LogP contribution in [0.3, 0.4) is 0 Å². The summed E-state index contributed by atoms with van der Waals surface area (Å²) >= 11 is 9.29. The van der Waals surface area contributed by atoms with E-state index >= 15 is 0 Å². The first-order valence-electron chi connectivity index (χ1n) is 4.74. The summed E-state index contributed by atoms with van der Waals surface area (Å²) in [4.78, 5) is 4.11. The summed E-state index contributed by atoms with van der Waals surface area (Å²) < 4.78 is 6.41. The van der Waals surface area contributed by atoms with Crippen molar-refractivity contribution in [2.75, 3.05) is 0 Å². The number of aromatic nitrogens is 1. The van der Waals surface area contributed by atoms with E-state index in [4.69, 9.17) is 21.8 Å². The van der Waals surface area contributed by atoms with Crippen LogP contribution in [0.25, 0.3) is 11.3 Å². The van der Waals surface area contributed by atoms with E-state index in [1.165, 1.54) is 0 Å². The predicted octanol–water partition coefficient (Wildman–Crippen LogP) is 3.78. The minimum Gasteiger partial charge on any atom is -0.439 e. The van der Waals surface area contributed by atoms with Crippen LogP contribution in [-0.2, 0) is 0 Å². The Bertz CT molecular complexity index is 510. The zero-order valence-corrected chi connectivity index (χ0v) is 10.9. The highest BCUT2D eigenvalue weighted by atomic mass is 79.9. The van der Waals surface area contributed by atoms with Gasteiger partial charge in [0, 0.05) is 15.1 Å². The lowest BCUT2D eigenvalue weighted by molar-refractivity contribution is 0.473. The van der Waals surface area contributed by atoms with Crippen molar-refractivity contribution in [3.05, 3.63) is 39.8 Å². The molecule has 1 heterocycles. The molecule has 1 aromatic heterocycles. The van der Waals surface area contributed by atoms with Crippen molar-refractivity contribution in [1.29, 1.82) is 0 Å². The van der Waals surface area contributed by atoms with E-state index in [-0.39, 0.29) is 6.04 Å². The molecule has 2 aromatic rings. The number of hydrogen-bond acceptors (Lipinski definition) is 3. The molecule has 3 nitrogen and oxygen atoms in total. The molecule has 16 heavy (non-hydrogen) atoms. The van der Waals surface area contributed by atoms with E-state index in [0.29, 0.717) is 16.7 Å². The summed E-state index contributed by atoms with van der Waals surface area (Å²) in [7, 11) is 0. The van der Waals surface area contributed by atoms with Crippen LogP contribution in [0.1, 0.15) is 18.9 Å². The van der Waals surface area contributed by atoms with Crippen LogP contribution in [0, 0.1) is 0 Å². The van der Waals surface area contributed by atoms with Crippen molar-refractivity contribution in [2.45, 2.75) is 13.0 Å². The van der Waals surface area contributed by atoms with Gasteiger partial charge in [0.15, 0.2) is 5.76 Å². The summed E-state index contributed by atoms with van der Waals surface area (Å²) in [5.41, 5.74) is 6.58. The largest absolute Gasteiger partial charge is 0.439 e. The molecule has 1 aromatic carbocycles. The Balaban J connectivity index is 2.42. The Kier molecular flexibility index (Phi) is 3.33. The highest BCUT2D eigenvalue weighted by Crippen LogP contribution is 2.31. The number of nitrogens with two attached hydrogens (primary N) is 1. The summed E-state index contributed by atoms with van der Waals surface area (Å²) in [5, 5.41) is 0.669. The Morgan fingerprint density at radius 1 is 1.50 bits per heavy atom. The van der Waals surface area contributed by atoms with Gasteiger partial charge in [-0.05, 0) is 41.1 Å². The first-order valence-corrected chi connectivity index (χ1v) is 5.92. The number of oxazole rings is 1. The number of rotatable bonds is 2. The molecule has 2 rings (SSSR count). The fraction of sp³-hybridized carbons (Fsp3) is 0.182. The lowest BCUT2D eigenvalue weighted by Gasteiger charge is -2.01. The molecule has 84 valence electrons. The monoisotopic (exact) mass is 300 g/mol. The van der Waals surface area contributed by atoms with Crippen LogP contribution in [0.4, 0.5) is 0 Å². The highest BCUT2D eigenvalue weighted by molar-refractivity contribution is 9.10. The van der Waals surface area contributed by atoms with Crippen molar-refractivity contribution in [3.63, 3.8) is 0 Å². The van der Waals surface area contributed by atoms with Gasteiger partial charge < -0.3 is 10.2 Å². The molecule has 5 heteroatoms. The molecule has 1 atom stereocenters. The van der Waals surface area contributed by atoms with Crippen molar-refractivity contribution < 1.29 is 4.42 Å². The lowest BCUT2D eigenvalue weighted by Crippen LogP contribution is -2.04. The molecule has 0 spiro atoms. The van der Waals surface area contributed by atoms with Crippen molar-refractivity contribution >= 4 is 27.5 Å². The third-order valence-corrected chi connectivity index (χ3v) is 3.00. The van der Waals surface area contributed by atoms with Crippen LogP contribution >= 0.6 is 27.5 Å². The van der Waals surface area contributed by atoms with Gasteiger partial charge in [-0.15, -0.1) is 0 Å². The first-order chi connectivity index (χ1) is 7.58. The van der Waals surface area contributed by atoms with E-state index in [9.17, 15) is 0 Å². The van der Waals surface area contributed by atoms with Gasteiger partial charge in [-0.25, -0.2) is 4.98 Å². The minimum absolute atomic E-state index is 0.208. The zero-order chi connectivity index (χ0) is 11.7. The molecule has 0 radical (unpaired) electrons. The van der Waals surface area contributed by atoms with Gasteiger partial charge >= 0.3 is 0 Å². The summed E-state index contributed by atoms with van der Waals surface area (Å²) in [5.74, 6) is 1.20. The van der Waals surface area contributed by atoms with Gasteiger partial charge in [-0.2, -0.15) is 0 Å². The second-order valence-electron chi connectivity index (χ2n) is 3.48. The summed E-state index contributed by atoms with van der Waals surface area (Å²) in [6.07, 6.45) is 1.66. The third-order valence-electron chi connectivity index (χ3n) is 2.11. The molecule has 2 N–H and O–H groups in total. The van der Waals surface area contributed by atoms with E-state index in [1.807, 2.05) is 19.1 Å². The molecular weight excluding hydrogens is 291 g/mol. The van der Waals surface area contributed by atoms with Crippen molar-refractivity contribution in [1.82, 2.24) is 4.98 Å². The van der Waals surface area contributed by atoms with Crippen LogP contribution in [0.5, 0.6) is 0 Å². The molecule has 0 amide bonds. The van der Waals surface area contributed by atoms with Gasteiger partial charge in [0.2, 0.25) is 5.89 Å². The van der Waals surface area contributed by atoms with Gasteiger partial charge in [0.1, 0.15) is 0 Å². The number of halogens is 2. The number of hydrogen-bond donors (Lipinski definition) is 1. The zero-order valence-electron chi connectivity index (χ0n) is 8.58. The number of benzene rings is 1. The van der Waals surface area contributed by atoms with Gasteiger partial charge in [-0.3, -0.25) is 0 Å². The molecule has 0 saturated heterocycles. The predicted molar refractivity (Wildman–Crippen MR) is 67.3 cm³/mol. The average Bonchev–Trinajstić information content (AvgIpc) is 2.66.